The average Bonchev–Trinajstić information content (AvgIpc) is 3.32. The molecule has 0 aliphatic heterocycles. The van der Waals surface area contributed by atoms with Crippen molar-refractivity contribution in [3.8, 4) is 34.0 Å². The van der Waals surface area contributed by atoms with Gasteiger partial charge in [-0.3, -0.25) is 4.98 Å². The molecule has 0 unspecified atom stereocenters. The van der Waals surface area contributed by atoms with Crippen molar-refractivity contribution >= 4 is 0 Å². The Balaban J connectivity index is 1.90. The number of rotatable bonds is 4. The number of halogens is 1. The molecule has 0 fully saturated rings. The largest absolute Gasteiger partial charge is 0.443 e. The van der Waals surface area contributed by atoms with Gasteiger partial charge in [0.05, 0.1) is 28.8 Å². The fourth-order valence-electron chi connectivity index (χ4n) is 2.95. The van der Waals surface area contributed by atoms with Crippen molar-refractivity contribution < 1.29 is 8.81 Å². The van der Waals surface area contributed by atoms with E-state index in [1.165, 1.54) is 18.7 Å². The Morgan fingerprint density at radius 1 is 1.11 bits per heavy atom. The maximum atomic E-state index is 14.3. The lowest BCUT2D eigenvalue weighted by Crippen LogP contribution is -1.91. The van der Waals surface area contributed by atoms with Crippen LogP contribution in [-0.2, 0) is 0 Å². The van der Waals surface area contributed by atoms with E-state index < -0.39 is 0 Å². The minimum Gasteiger partial charge on any atom is -0.443 e. The molecule has 0 aliphatic rings. The number of imidazole rings is 1. The van der Waals surface area contributed by atoms with E-state index in [1.807, 2.05) is 25.1 Å². The standard InChI is InChI=1S/C21H19FN4O/c1-12(2)21-25-19(20(26-21)17-6-4-5-13(3)24-17)14-7-8-16(22)15(9-14)18-10-23-11-27-18/h4-12H,1-3H3,(H,25,26). The first-order chi connectivity index (χ1) is 13.0. The molecular formula is C21H19FN4O. The Hall–Kier alpha value is -3.28. The van der Waals surface area contributed by atoms with Crippen LogP contribution in [0.15, 0.2) is 53.4 Å². The van der Waals surface area contributed by atoms with Crippen LogP contribution in [0.25, 0.3) is 34.0 Å². The molecule has 0 radical (unpaired) electrons. The van der Waals surface area contributed by atoms with Gasteiger partial charge in [-0.15, -0.1) is 0 Å². The molecule has 6 heteroatoms. The number of aromatic amines is 1. The van der Waals surface area contributed by atoms with Crippen molar-refractivity contribution in [1.82, 2.24) is 19.9 Å². The summed E-state index contributed by atoms with van der Waals surface area (Å²) in [6.07, 6.45) is 2.78. The Labute approximate surface area is 156 Å². The number of pyridine rings is 1. The lowest BCUT2D eigenvalue weighted by Gasteiger charge is -2.06. The van der Waals surface area contributed by atoms with E-state index in [9.17, 15) is 4.39 Å². The van der Waals surface area contributed by atoms with Crippen LogP contribution >= 0.6 is 0 Å². The summed E-state index contributed by atoms with van der Waals surface area (Å²) in [4.78, 5) is 16.7. The van der Waals surface area contributed by atoms with Crippen molar-refractivity contribution in [2.24, 2.45) is 0 Å². The van der Waals surface area contributed by atoms with Gasteiger partial charge in [0.1, 0.15) is 11.6 Å². The normalized spacial score (nSPS) is 11.3. The molecule has 3 heterocycles. The van der Waals surface area contributed by atoms with Crippen LogP contribution in [0, 0.1) is 12.7 Å². The third kappa shape index (κ3) is 3.26. The molecule has 0 bridgehead atoms. The summed E-state index contributed by atoms with van der Waals surface area (Å²) in [6, 6.07) is 10.7. The molecule has 0 saturated carbocycles. The second kappa shape index (κ2) is 6.79. The molecule has 0 spiro atoms. The first-order valence-electron chi connectivity index (χ1n) is 8.75. The zero-order valence-electron chi connectivity index (χ0n) is 15.3. The molecule has 3 aromatic heterocycles. The zero-order chi connectivity index (χ0) is 19.0. The van der Waals surface area contributed by atoms with Crippen LogP contribution in [0.3, 0.4) is 0 Å². The predicted octanol–water partition coefficient (Wildman–Crippen LogP) is 5.36. The Morgan fingerprint density at radius 2 is 1.96 bits per heavy atom. The maximum Gasteiger partial charge on any atom is 0.181 e. The van der Waals surface area contributed by atoms with Crippen LogP contribution in [0.1, 0.15) is 31.3 Å². The number of benzene rings is 1. The second-order valence-electron chi connectivity index (χ2n) is 6.72. The summed E-state index contributed by atoms with van der Waals surface area (Å²) in [5.41, 5.74) is 4.40. The highest BCUT2D eigenvalue weighted by Crippen LogP contribution is 2.34. The maximum absolute atomic E-state index is 14.3. The van der Waals surface area contributed by atoms with E-state index in [1.54, 1.807) is 12.1 Å². The quantitative estimate of drug-likeness (QED) is 0.530. The summed E-state index contributed by atoms with van der Waals surface area (Å²) in [6.45, 7) is 6.09. The van der Waals surface area contributed by atoms with Crippen LogP contribution in [0.2, 0.25) is 0 Å². The SMILES string of the molecule is Cc1cccc(-c2[nH]c(C(C)C)nc2-c2ccc(F)c(-c3cnco3)c2)n1. The Morgan fingerprint density at radius 3 is 2.67 bits per heavy atom. The van der Waals surface area contributed by atoms with E-state index >= 15 is 0 Å². The molecule has 0 aliphatic carbocycles. The third-order valence-corrected chi connectivity index (χ3v) is 4.35. The van der Waals surface area contributed by atoms with Gasteiger partial charge in [0.2, 0.25) is 0 Å². The van der Waals surface area contributed by atoms with Gasteiger partial charge in [0.15, 0.2) is 12.2 Å². The average molecular weight is 362 g/mol. The number of H-pyrrole nitrogens is 1. The number of aryl methyl sites for hydroxylation is 1. The molecule has 1 N–H and O–H groups in total. The molecule has 4 rings (SSSR count). The van der Waals surface area contributed by atoms with Gasteiger partial charge in [0, 0.05) is 17.2 Å². The summed E-state index contributed by atoms with van der Waals surface area (Å²) in [5.74, 6) is 1.08. The lowest BCUT2D eigenvalue weighted by molar-refractivity contribution is 0.561. The highest BCUT2D eigenvalue weighted by molar-refractivity contribution is 5.79. The number of hydrogen-bond acceptors (Lipinski definition) is 4. The van der Waals surface area contributed by atoms with Crippen LogP contribution in [-0.4, -0.2) is 19.9 Å². The summed E-state index contributed by atoms with van der Waals surface area (Å²) in [5, 5.41) is 0. The van der Waals surface area contributed by atoms with Crippen LogP contribution in [0.5, 0.6) is 0 Å². The number of aromatic nitrogens is 4. The molecule has 5 nitrogen and oxygen atoms in total. The number of nitrogens with zero attached hydrogens (tertiary/aromatic N) is 3. The van der Waals surface area contributed by atoms with E-state index in [-0.39, 0.29) is 11.7 Å². The van der Waals surface area contributed by atoms with Gasteiger partial charge in [-0.25, -0.2) is 14.4 Å². The number of nitrogens with one attached hydrogen (secondary N) is 1. The van der Waals surface area contributed by atoms with E-state index in [2.05, 4.69) is 28.8 Å². The second-order valence-corrected chi connectivity index (χ2v) is 6.72. The first kappa shape index (κ1) is 17.1. The van der Waals surface area contributed by atoms with E-state index in [0.29, 0.717) is 11.3 Å². The van der Waals surface area contributed by atoms with Crippen molar-refractivity contribution in [3.05, 3.63) is 66.3 Å². The number of hydrogen-bond donors (Lipinski definition) is 1. The molecular weight excluding hydrogens is 343 g/mol. The Kier molecular flexibility index (Phi) is 4.32. The van der Waals surface area contributed by atoms with Gasteiger partial charge in [0.25, 0.3) is 0 Å². The third-order valence-electron chi connectivity index (χ3n) is 4.35. The highest BCUT2D eigenvalue weighted by Gasteiger charge is 2.19. The van der Waals surface area contributed by atoms with Gasteiger partial charge < -0.3 is 9.40 Å². The topological polar surface area (TPSA) is 67.6 Å². The smallest absolute Gasteiger partial charge is 0.181 e. The number of oxazole rings is 1. The van der Waals surface area contributed by atoms with Crippen LogP contribution < -0.4 is 0 Å². The fourth-order valence-corrected chi connectivity index (χ4v) is 2.95. The minimum absolute atomic E-state index is 0.219. The highest BCUT2D eigenvalue weighted by atomic mass is 19.1. The first-order valence-corrected chi connectivity index (χ1v) is 8.75. The van der Waals surface area contributed by atoms with Crippen molar-refractivity contribution in [2.45, 2.75) is 26.7 Å². The fraction of sp³-hybridized carbons (Fsp3) is 0.190. The lowest BCUT2D eigenvalue weighted by atomic mass is 10.0. The van der Waals surface area contributed by atoms with Crippen molar-refractivity contribution in [1.29, 1.82) is 0 Å². The monoisotopic (exact) mass is 362 g/mol. The van der Waals surface area contributed by atoms with E-state index in [0.717, 1.165) is 34.2 Å². The molecule has 1 aromatic carbocycles. The predicted molar refractivity (Wildman–Crippen MR) is 102 cm³/mol. The summed E-state index contributed by atoms with van der Waals surface area (Å²) < 4.78 is 19.6. The molecule has 27 heavy (non-hydrogen) atoms. The van der Waals surface area contributed by atoms with E-state index in [4.69, 9.17) is 9.40 Å². The van der Waals surface area contributed by atoms with Gasteiger partial charge in [-0.1, -0.05) is 19.9 Å². The van der Waals surface area contributed by atoms with Crippen molar-refractivity contribution in [3.63, 3.8) is 0 Å². The molecule has 0 atom stereocenters. The van der Waals surface area contributed by atoms with Crippen LogP contribution in [0.4, 0.5) is 4.39 Å². The summed E-state index contributed by atoms with van der Waals surface area (Å²) in [7, 11) is 0. The van der Waals surface area contributed by atoms with Gasteiger partial charge in [-0.2, -0.15) is 0 Å². The molecule has 4 aromatic rings. The van der Waals surface area contributed by atoms with Gasteiger partial charge >= 0.3 is 0 Å². The zero-order valence-corrected chi connectivity index (χ0v) is 15.3. The molecule has 0 saturated heterocycles. The summed E-state index contributed by atoms with van der Waals surface area (Å²) >= 11 is 0. The minimum atomic E-state index is -0.370. The molecule has 136 valence electrons. The Bertz CT molecular complexity index is 1080. The van der Waals surface area contributed by atoms with Crippen molar-refractivity contribution in [2.75, 3.05) is 0 Å². The van der Waals surface area contributed by atoms with Gasteiger partial charge in [-0.05, 0) is 37.3 Å². The molecule has 0 amide bonds.